The summed E-state index contributed by atoms with van der Waals surface area (Å²) in [5.74, 6) is 1.41. The van der Waals surface area contributed by atoms with Crippen molar-refractivity contribution in [2.24, 2.45) is 0 Å². The van der Waals surface area contributed by atoms with Crippen LogP contribution in [0.2, 0.25) is 0 Å². The monoisotopic (exact) mass is 317 g/mol. The summed E-state index contributed by atoms with van der Waals surface area (Å²) in [6, 6.07) is 3.59. The maximum atomic E-state index is 11.9. The Morgan fingerprint density at radius 3 is 2.95 bits per heavy atom. The van der Waals surface area contributed by atoms with E-state index in [-0.39, 0.29) is 17.6 Å². The van der Waals surface area contributed by atoms with E-state index in [0.717, 1.165) is 18.1 Å². The van der Waals surface area contributed by atoms with Crippen LogP contribution in [0.5, 0.6) is 0 Å². The average Bonchev–Trinajstić information content (AvgIpc) is 3.18. The maximum absolute atomic E-state index is 11.9. The number of amides is 2. The number of thioether (sulfide) groups is 1. The number of anilines is 1. The molecule has 1 N–H and O–H groups in total. The normalized spacial score (nSPS) is 14.4. The number of hydrogen-bond acceptors (Lipinski definition) is 5. The van der Waals surface area contributed by atoms with E-state index in [1.54, 1.807) is 46.5 Å². The molecule has 7 nitrogen and oxygen atoms in total. The molecular weight excluding hydrogens is 302 g/mol. The lowest BCUT2D eigenvalue weighted by Crippen LogP contribution is -2.27. The van der Waals surface area contributed by atoms with Crippen LogP contribution in [0.15, 0.2) is 37.1 Å². The van der Waals surface area contributed by atoms with Crippen molar-refractivity contribution in [2.45, 2.75) is 6.42 Å². The zero-order valence-electron chi connectivity index (χ0n) is 11.8. The SMILES string of the molecule is O=C(CCN1CCSC1=O)Nc1ccc(-n2ccnc2)nc1. The van der Waals surface area contributed by atoms with Crippen LogP contribution < -0.4 is 5.32 Å². The van der Waals surface area contributed by atoms with E-state index in [1.165, 1.54) is 11.8 Å². The molecule has 0 aromatic carbocycles. The number of nitrogens with one attached hydrogen (secondary N) is 1. The Morgan fingerprint density at radius 1 is 1.41 bits per heavy atom. The third-order valence-corrected chi connectivity index (χ3v) is 4.15. The van der Waals surface area contributed by atoms with Crippen molar-refractivity contribution in [2.75, 3.05) is 24.2 Å². The van der Waals surface area contributed by atoms with Crippen LogP contribution in [-0.4, -0.2) is 49.4 Å². The fourth-order valence-electron chi connectivity index (χ4n) is 2.10. The lowest BCUT2D eigenvalue weighted by atomic mass is 10.3. The number of pyridine rings is 1. The Kier molecular flexibility index (Phi) is 4.38. The van der Waals surface area contributed by atoms with Crippen LogP contribution in [0.1, 0.15) is 6.42 Å². The standard InChI is InChI=1S/C14H15N5O2S/c20-13(3-5-18-7-8-22-14(18)21)17-11-1-2-12(16-9-11)19-6-4-15-10-19/h1-2,4,6,9-10H,3,5,7-8H2,(H,17,20). The van der Waals surface area contributed by atoms with E-state index >= 15 is 0 Å². The molecule has 8 heteroatoms. The van der Waals surface area contributed by atoms with Crippen LogP contribution in [0.4, 0.5) is 10.5 Å². The maximum Gasteiger partial charge on any atom is 0.281 e. The molecule has 3 rings (SSSR count). The molecule has 114 valence electrons. The molecular formula is C14H15N5O2S. The fraction of sp³-hybridized carbons (Fsp3) is 0.286. The Bertz CT molecular complexity index is 656. The van der Waals surface area contributed by atoms with E-state index in [0.29, 0.717) is 12.2 Å². The highest BCUT2D eigenvalue weighted by atomic mass is 32.2. The van der Waals surface area contributed by atoms with Crippen LogP contribution in [-0.2, 0) is 4.79 Å². The van der Waals surface area contributed by atoms with Gasteiger partial charge in [0.2, 0.25) is 5.91 Å². The molecule has 0 atom stereocenters. The van der Waals surface area contributed by atoms with Gasteiger partial charge in [-0.3, -0.25) is 14.2 Å². The Balaban J connectivity index is 1.52. The first-order valence-corrected chi connectivity index (χ1v) is 7.87. The van der Waals surface area contributed by atoms with Gasteiger partial charge in [-0.2, -0.15) is 0 Å². The van der Waals surface area contributed by atoms with Crippen LogP contribution in [0.25, 0.3) is 5.82 Å². The zero-order chi connectivity index (χ0) is 15.4. The molecule has 1 aliphatic heterocycles. The Labute approximate surface area is 131 Å². The zero-order valence-corrected chi connectivity index (χ0v) is 12.6. The predicted molar refractivity (Wildman–Crippen MR) is 84.0 cm³/mol. The molecule has 1 saturated heterocycles. The summed E-state index contributed by atoms with van der Waals surface area (Å²) in [7, 11) is 0. The van der Waals surface area contributed by atoms with Gasteiger partial charge in [0, 0.05) is 37.7 Å². The van der Waals surface area contributed by atoms with Crippen molar-refractivity contribution in [3.8, 4) is 5.82 Å². The van der Waals surface area contributed by atoms with E-state index < -0.39 is 0 Å². The van der Waals surface area contributed by atoms with Gasteiger partial charge in [-0.05, 0) is 12.1 Å². The summed E-state index contributed by atoms with van der Waals surface area (Å²) < 4.78 is 1.78. The topological polar surface area (TPSA) is 80.1 Å². The molecule has 3 heterocycles. The Morgan fingerprint density at radius 2 is 2.32 bits per heavy atom. The number of hydrogen-bond donors (Lipinski definition) is 1. The minimum atomic E-state index is -0.123. The molecule has 2 amide bonds. The first kappa shape index (κ1) is 14.6. The molecule has 2 aromatic heterocycles. The third kappa shape index (κ3) is 3.45. The summed E-state index contributed by atoms with van der Waals surface area (Å²) in [6.45, 7) is 1.18. The molecule has 0 bridgehead atoms. The molecule has 22 heavy (non-hydrogen) atoms. The van der Waals surface area contributed by atoms with Gasteiger partial charge in [0.25, 0.3) is 5.24 Å². The van der Waals surface area contributed by atoms with Crippen LogP contribution in [0.3, 0.4) is 0 Å². The number of nitrogens with zero attached hydrogens (tertiary/aromatic N) is 4. The molecule has 1 aliphatic rings. The van der Waals surface area contributed by atoms with Gasteiger partial charge >= 0.3 is 0 Å². The molecule has 0 spiro atoms. The van der Waals surface area contributed by atoms with Crippen LogP contribution in [0, 0.1) is 0 Å². The molecule has 2 aromatic rings. The number of rotatable bonds is 5. The summed E-state index contributed by atoms with van der Waals surface area (Å²) in [4.78, 5) is 33.2. The summed E-state index contributed by atoms with van der Waals surface area (Å²) >= 11 is 1.30. The smallest absolute Gasteiger partial charge is 0.281 e. The third-order valence-electron chi connectivity index (χ3n) is 3.25. The van der Waals surface area contributed by atoms with Crippen molar-refractivity contribution in [3.63, 3.8) is 0 Å². The van der Waals surface area contributed by atoms with Crippen molar-refractivity contribution < 1.29 is 9.59 Å². The van der Waals surface area contributed by atoms with Gasteiger partial charge in [0.1, 0.15) is 12.1 Å². The van der Waals surface area contributed by atoms with Crippen molar-refractivity contribution in [3.05, 3.63) is 37.1 Å². The van der Waals surface area contributed by atoms with Crippen molar-refractivity contribution >= 4 is 28.6 Å². The highest BCUT2D eigenvalue weighted by Crippen LogP contribution is 2.17. The number of carbonyl (C=O) groups excluding carboxylic acids is 2. The Hall–Kier alpha value is -2.35. The molecule has 0 radical (unpaired) electrons. The largest absolute Gasteiger partial charge is 0.332 e. The van der Waals surface area contributed by atoms with E-state index in [4.69, 9.17) is 0 Å². The molecule has 1 fully saturated rings. The van der Waals surface area contributed by atoms with E-state index in [2.05, 4.69) is 15.3 Å². The highest BCUT2D eigenvalue weighted by molar-refractivity contribution is 8.13. The van der Waals surface area contributed by atoms with Gasteiger partial charge in [-0.1, -0.05) is 11.8 Å². The summed E-state index contributed by atoms with van der Waals surface area (Å²) in [5.41, 5.74) is 0.635. The summed E-state index contributed by atoms with van der Waals surface area (Å²) in [6.07, 6.45) is 7.02. The molecule has 0 aliphatic carbocycles. The minimum Gasteiger partial charge on any atom is -0.332 e. The first-order chi connectivity index (χ1) is 10.7. The van der Waals surface area contributed by atoms with Crippen molar-refractivity contribution in [1.82, 2.24) is 19.4 Å². The second-order valence-corrected chi connectivity index (χ2v) is 5.82. The van der Waals surface area contributed by atoms with Crippen LogP contribution >= 0.6 is 11.8 Å². The van der Waals surface area contributed by atoms with Gasteiger partial charge in [0.05, 0.1) is 11.9 Å². The van der Waals surface area contributed by atoms with Gasteiger partial charge in [0.15, 0.2) is 0 Å². The second kappa shape index (κ2) is 6.61. The molecule has 0 saturated carbocycles. The lowest BCUT2D eigenvalue weighted by Gasteiger charge is -2.13. The van der Waals surface area contributed by atoms with Gasteiger partial charge in [-0.15, -0.1) is 0 Å². The number of aromatic nitrogens is 3. The van der Waals surface area contributed by atoms with E-state index in [1.807, 2.05) is 0 Å². The second-order valence-electron chi connectivity index (χ2n) is 4.77. The van der Waals surface area contributed by atoms with Gasteiger partial charge < -0.3 is 10.2 Å². The summed E-state index contributed by atoms with van der Waals surface area (Å²) in [5, 5.41) is 2.84. The van der Waals surface area contributed by atoms with Crippen molar-refractivity contribution in [1.29, 1.82) is 0 Å². The lowest BCUT2D eigenvalue weighted by molar-refractivity contribution is -0.116. The highest BCUT2D eigenvalue weighted by Gasteiger charge is 2.21. The number of carbonyl (C=O) groups is 2. The molecule has 0 unspecified atom stereocenters. The predicted octanol–water partition coefficient (Wildman–Crippen LogP) is 1.76. The quantitative estimate of drug-likeness (QED) is 0.909. The average molecular weight is 317 g/mol. The minimum absolute atomic E-state index is 0.0548. The first-order valence-electron chi connectivity index (χ1n) is 6.88. The number of imidazole rings is 1. The van der Waals surface area contributed by atoms with E-state index in [9.17, 15) is 9.59 Å². The van der Waals surface area contributed by atoms with Gasteiger partial charge in [-0.25, -0.2) is 9.97 Å². The fourth-order valence-corrected chi connectivity index (χ4v) is 2.95.